The Balaban J connectivity index is 1.64. The number of nitrogens with zero attached hydrogens (tertiary/aromatic N) is 3. The molecule has 1 heterocycles. The highest BCUT2D eigenvalue weighted by Crippen LogP contribution is 2.25. The van der Waals surface area contributed by atoms with Crippen LogP contribution in [0.5, 0.6) is 0 Å². The molecule has 0 aliphatic heterocycles. The van der Waals surface area contributed by atoms with Crippen LogP contribution in [0.4, 0.5) is 5.69 Å². The highest BCUT2D eigenvalue weighted by Gasteiger charge is 2.14. The standard InChI is InChI=1S/C21H23ClN4OS/c1-4-26-20(16-5-9-17(22)10-6-16)24-25-21(26)28-13-19(27)23-18-11-7-15(8-12-18)14(2)3/h5-12,14H,4,13H2,1-3H3,(H,23,27). The lowest BCUT2D eigenvalue weighted by Gasteiger charge is -2.09. The Morgan fingerprint density at radius 3 is 2.39 bits per heavy atom. The number of benzene rings is 2. The monoisotopic (exact) mass is 414 g/mol. The number of nitrogens with one attached hydrogen (secondary N) is 1. The summed E-state index contributed by atoms with van der Waals surface area (Å²) in [7, 11) is 0. The van der Waals surface area contributed by atoms with E-state index in [1.54, 1.807) is 0 Å². The van der Waals surface area contributed by atoms with Gasteiger partial charge in [0.15, 0.2) is 11.0 Å². The lowest BCUT2D eigenvalue weighted by atomic mass is 10.0. The van der Waals surface area contributed by atoms with Crippen LogP contribution in [0.15, 0.2) is 53.7 Å². The fraction of sp³-hybridized carbons (Fsp3) is 0.286. The summed E-state index contributed by atoms with van der Waals surface area (Å²) in [5, 5.41) is 12.9. The molecule has 0 atom stereocenters. The fourth-order valence-corrected chi connectivity index (χ4v) is 3.70. The van der Waals surface area contributed by atoms with Gasteiger partial charge < -0.3 is 9.88 Å². The largest absolute Gasteiger partial charge is 0.325 e. The van der Waals surface area contributed by atoms with Crippen molar-refractivity contribution in [2.45, 2.75) is 38.4 Å². The average Bonchev–Trinajstić information content (AvgIpc) is 3.10. The van der Waals surface area contributed by atoms with Crippen molar-refractivity contribution in [3.05, 3.63) is 59.1 Å². The number of hydrogen-bond acceptors (Lipinski definition) is 4. The molecule has 0 saturated carbocycles. The van der Waals surface area contributed by atoms with E-state index < -0.39 is 0 Å². The highest BCUT2D eigenvalue weighted by molar-refractivity contribution is 7.99. The van der Waals surface area contributed by atoms with Gasteiger partial charge in [-0.05, 0) is 54.8 Å². The molecule has 3 aromatic rings. The minimum atomic E-state index is -0.0685. The number of thioether (sulfide) groups is 1. The number of amides is 1. The van der Waals surface area contributed by atoms with Crippen LogP contribution in [0, 0.1) is 0 Å². The van der Waals surface area contributed by atoms with Crippen molar-refractivity contribution in [1.82, 2.24) is 14.8 Å². The molecule has 0 bridgehead atoms. The molecule has 5 nitrogen and oxygen atoms in total. The number of carbonyl (C=O) groups is 1. The van der Waals surface area contributed by atoms with Crippen molar-refractivity contribution in [2.24, 2.45) is 0 Å². The highest BCUT2D eigenvalue weighted by atomic mass is 35.5. The zero-order chi connectivity index (χ0) is 20.1. The molecule has 0 aliphatic rings. The molecule has 0 fully saturated rings. The molecule has 0 aliphatic carbocycles. The van der Waals surface area contributed by atoms with E-state index in [4.69, 9.17) is 11.6 Å². The zero-order valence-electron chi connectivity index (χ0n) is 16.1. The third-order valence-corrected chi connectivity index (χ3v) is 5.55. The molecule has 0 radical (unpaired) electrons. The van der Waals surface area contributed by atoms with Gasteiger partial charge in [-0.1, -0.05) is 49.3 Å². The van der Waals surface area contributed by atoms with Gasteiger partial charge in [-0.25, -0.2) is 0 Å². The van der Waals surface area contributed by atoms with Crippen molar-refractivity contribution in [3.63, 3.8) is 0 Å². The molecule has 7 heteroatoms. The minimum Gasteiger partial charge on any atom is -0.325 e. The van der Waals surface area contributed by atoms with Gasteiger partial charge in [0.05, 0.1) is 5.75 Å². The van der Waals surface area contributed by atoms with Crippen LogP contribution in [0.3, 0.4) is 0 Å². The smallest absolute Gasteiger partial charge is 0.234 e. The molecule has 2 aromatic carbocycles. The van der Waals surface area contributed by atoms with Gasteiger partial charge in [0.25, 0.3) is 0 Å². The molecular weight excluding hydrogens is 392 g/mol. The lowest BCUT2D eigenvalue weighted by molar-refractivity contribution is -0.113. The predicted octanol–water partition coefficient (Wildman–Crippen LogP) is 5.47. The SMILES string of the molecule is CCn1c(SCC(=O)Nc2ccc(C(C)C)cc2)nnc1-c1ccc(Cl)cc1. The van der Waals surface area contributed by atoms with Gasteiger partial charge in [-0.15, -0.1) is 10.2 Å². The van der Waals surface area contributed by atoms with Crippen LogP contribution in [0.1, 0.15) is 32.3 Å². The van der Waals surface area contributed by atoms with Crippen LogP contribution in [0.25, 0.3) is 11.4 Å². The Hall–Kier alpha value is -2.31. The average molecular weight is 415 g/mol. The summed E-state index contributed by atoms with van der Waals surface area (Å²) in [6.07, 6.45) is 0. The van der Waals surface area contributed by atoms with E-state index in [-0.39, 0.29) is 11.7 Å². The molecule has 0 spiro atoms. The molecule has 1 amide bonds. The van der Waals surface area contributed by atoms with Crippen LogP contribution < -0.4 is 5.32 Å². The summed E-state index contributed by atoms with van der Waals surface area (Å²) in [6.45, 7) is 7.04. The van der Waals surface area contributed by atoms with Gasteiger partial charge in [-0.2, -0.15) is 0 Å². The second kappa shape index (κ2) is 9.26. The molecule has 28 heavy (non-hydrogen) atoms. The Bertz CT molecular complexity index is 936. The third kappa shape index (κ3) is 4.94. The number of hydrogen-bond donors (Lipinski definition) is 1. The Labute approximate surface area is 174 Å². The first kappa shape index (κ1) is 20.4. The summed E-state index contributed by atoms with van der Waals surface area (Å²) in [5.41, 5.74) is 2.99. The fourth-order valence-electron chi connectivity index (χ4n) is 2.77. The predicted molar refractivity (Wildman–Crippen MR) is 116 cm³/mol. The summed E-state index contributed by atoms with van der Waals surface area (Å²) in [4.78, 5) is 12.3. The van der Waals surface area contributed by atoms with Crippen LogP contribution in [-0.4, -0.2) is 26.4 Å². The van der Waals surface area contributed by atoms with Crippen LogP contribution in [0.2, 0.25) is 5.02 Å². The maximum Gasteiger partial charge on any atom is 0.234 e. The lowest BCUT2D eigenvalue weighted by Crippen LogP contribution is -2.14. The van der Waals surface area contributed by atoms with E-state index in [0.717, 1.165) is 22.2 Å². The van der Waals surface area contributed by atoms with Crippen molar-refractivity contribution in [2.75, 3.05) is 11.1 Å². The van der Waals surface area contributed by atoms with Gasteiger partial charge in [0.2, 0.25) is 5.91 Å². The maximum atomic E-state index is 12.3. The van der Waals surface area contributed by atoms with Gasteiger partial charge in [0, 0.05) is 22.8 Å². The van der Waals surface area contributed by atoms with Crippen LogP contribution in [-0.2, 0) is 11.3 Å². The number of halogens is 1. The molecule has 0 saturated heterocycles. The molecule has 3 rings (SSSR count). The normalized spacial score (nSPS) is 11.0. The minimum absolute atomic E-state index is 0.0685. The van der Waals surface area contributed by atoms with Gasteiger partial charge >= 0.3 is 0 Å². The Morgan fingerprint density at radius 2 is 1.79 bits per heavy atom. The molecule has 1 aromatic heterocycles. The van der Waals surface area contributed by atoms with E-state index in [2.05, 4.69) is 29.4 Å². The second-order valence-electron chi connectivity index (χ2n) is 6.67. The quantitative estimate of drug-likeness (QED) is 0.520. The van der Waals surface area contributed by atoms with E-state index in [1.165, 1.54) is 17.3 Å². The van der Waals surface area contributed by atoms with Gasteiger partial charge in [-0.3, -0.25) is 4.79 Å². The van der Waals surface area contributed by atoms with E-state index in [1.807, 2.05) is 60.0 Å². The first-order chi connectivity index (χ1) is 13.5. The topological polar surface area (TPSA) is 59.8 Å². The molecule has 1 N–H and O–H groups in total. The van der Waals surface area contributed by atoms with Crippen molar-refractivity contribution < 1.29 is 4.79 Å². The maximum absolute atomic E-state index is 12.3. The van der Waals surface area contributed by atoms with Gasteiger partial charge in [0.1, 0.15) is 0 Å². The van der Waals surface area contributed by atoms with Crippen molar-refractivity contribution in [3.8, 4) is 11.4 Å². The summed E-state index contributed by atoms with van der Waals surface area (Å²) in [6, 6.07) is 15.4. The Kier molecular flexibility index (Phi) is 6.75. The number of aromatic nitrogens is 3. The first-order valence-corrected chi connectivity index (χ1v) is 10.6. The summed E-state index contributed by atoms with van der Waals surface area (Å²) < 4.78 is 2.00. The number of rotatable bonds is 7. The van der Waals surface area contributed by atoms with Crippen molar-refractivity contribution >= 4 is 35.0 Å². The van der Waals surface area contributed by atoms with Crippen molar-refractivity contribution in [1.29, 1.82) is 0 Å². The number of anilines is 1. The molecule has 0 unspecified atom stereocenters. The van der Waals surface area contributed by atoms with E-state index >= 15 is 0 Å². The molecular formula is C21H23ClN4OS. The van der Waals surface area contributed by atoms with E-state index in [9.17, 15) is 4.79 Å². The zero-order valence-corrected chi connectivity index (χ0v) is 17.7. The summed E-state index contributed by atoms with van der Waals surface area (Å²) >= 11 is 7.34. The Morgan fingerprint density at radius 1 is 1.11 bits per heavy atom. The first-order valence-electron chi connectivity index (χ1n) is 9.19. The second-order valence-corrected chi connectivity index (χ2v) is 8.05. The molecule has 146 valence electrons. The van der Waals surface area contributed by atoms with Crippen LogP contribution >= 0.6 is 23.4 Å². The number of carbonyl (C=O) groups excluding carboxylic acids is 1. The summed E-state index contributed by atoms with van der Waals surface area (Å²) in [5.74, 6) is 1.44. The van der Waals surface area contributed by atoms with E-state index in [0.29, 0.717) is 17.5 Å². The third-order valence-electron chi connectivity index (χ3n) is 4.33.